The Morgan fingerprint density at radius 1 is 0.650 bits per heavy atom. The third-order valence-corrected chi connectivity index (χ3v) is 3.87. The third-order valence-electron chi connectivity index (χ3n) is 3.87. The number of nitrogens with zero attached hydrogens (tertiary/aromatic N) is 6. The molecule has 1 aliphatic heterocycles. The van der Waals surface area contributed by atoms with Crippen LogP contribution in [0.5, 0.6) is 0 Å². The van der Waals surface area contributed by atoms with Gasteiger partial charge in [-0.25, -0.2) is 0 Å². The molecule has 1 fully saturated rings. The minimum atomic E-state index is 0.986. The second-order valence-electron chi connectivity index (χ2n) is 5.22. The van der Waals surface area contributed by atoms with Crippen LogP contribution in [-0.4, -0.2) is 68.6 Å². The second-order valence-corrected chi connectivity index (χ2v) is 5.22. The van der Waals surface area contributed by atoms with Gasteiger partial charge in [-0.1, -0.05) is 0 Å². The first-order chi connectivity index (χ1) is 9.90. The maximum Gasteiger partial charge on any atom is 0.0536 e. The molecular formula is C14H22N6. The van der Waals surface area contributed by atoms with Gasteiger partial charge in [-0.15, -0.1) is 0 Å². The molecule has 0 aromatic carbocycles. The minimum Gasteiger partial charge on any atom is -0.299 e. The van der Waals surface area contributed by atoms with Crippen LogP contribution in [0.15, 0.2) is 36.9 Å². The fourth-order valence-electron chi connectivity index (χ4n) is 2.59. The molecule has 6 heteroatoms. The van der Waals surface area contributed by atoms with Crippen molar-refractivity contribution < 1.29 is 0 Å². The molecular weight excluding hydrogens is 252 g/mol. The SMILES string of the molecule is c1cnn(CCN2CCN(CCn3cccn3)CC2)c1. The van der Waals surface area contributed by atoms with E-state index >= 15 is 0 Å². The molecule has 2 aromatic rings. The van der Waals surface area contributed by atoms with Crippen LogP contribution in [0, 0.1) is 0 Å². The number of hydrogen-bond donors (Lipinski definition) is 0. The van der Waals surface area contributed by atoms with Crippen LogP contribution < -0.4 is 0 Å². The van der Waals surface area contributed by atoms with E-state index in [0.717, 1.165) is 52.4 Å². The van der Waals surface area contributed by atoms with Gasteiger partial charge < -0.3 is 0 Å². The van der Waals surface area contributed by atoms with Crippen LogP contribution in [-0.2, 0) is 13.1 Å². The molecule has 3 heterocycles. The Kier molecular flexibility index (Phi) is 4.45. The Morgan fingerprint density at radius 3 is 1.45 bits per heavy atom. The van der Waals surface area contributed by atoms with Gasteiger partial charge in [0.05, 0.1) is 13.1 Å². The van der Waals surface area contributed by atoms with E-state index in [-0.39, 0.29) is 0 Å². The van der Waals surface area contributed by atoms with Gasteiger partial charge in [0.25, 0.3) is 0 Å². The molecule has 2 aromatic heterocycles. The smallest absolute Gasteiger partial charge is 0.0536 e. The monoisotopic (exact) mass is 274 g/mol. The Morgan fingerprint density at radius 2 is 1.10 bits per heavy atom. The molecule has 0 bridgehead atoms. The van der Waals surface area contributed by atoms with Crippen LogP contribution in [0.1, 0.15) is 0 Å². The molecule has 108 valence electrons. The average molecular weight is 274 g/mol. The van der Waals surface area contributed by atoms with Crippen LogP contribution in [0.4, 0.5) is 0 Å². The lowest BCUT2D eigenvalue weighted by Crippen LogP contribution is -2.47. The number of piperazine rings is 1. The van der Waals surface area contributed by atoms with Crippen LogP contribution in [0.25, 0.3) is 0 Å². The van der Waals surface area contributed by atoms with Crippen LogP contribution in [0.3, 0.4) is 0 Å². The van der Waals surface area contributed by atoms with Crippen molar-refractivity contribution in [1.82, 2.24) is 29.4 Å². The van der Waals surface area contributed by atoms with Gasteiger partial charge in [-0.2, -0.15) is 10.2 Å². The maximum atomic E-state index is 4.24. The van der Waals surface area contributed by atoms with Gasteiger partial charge in [-0.3, -0.25) is 19.2 Å². The largest absolute Gasteiger partial charge is 0.299 e. The van der Waals surface area contributed by atoms with Crippen molar-refractivity contribution in [3.8, 4) is 0 Å². The lowest BCUT2D eigenvalue weighted by molar-refractivity contribution is 0.124. The Bertz CT molecular complexity index is 424. The van der Waals surface area contributed by atoms with Crippen molar-refractivity contribution in [3.05, 3.63) is 36.9 Å². The minimum absolute atomic E-state index is 0.986. The third kappa shape index (κ3) is 3.68. The van der Waals surface area contributed by atoms with Crippen molar-refractivity contribution >= 4 is 0 Å². The summed E-state index contributed by atoms with van der Waals surface area (Å²) in [5, 5.41) is 8.49. The van der Waals surface area contributed by atoms with Crippen molar-refractivity contribution in [2.75, 3.05) is 39.3 Å². The predicted octanol–water partition coefficient (Wildman–Crippen LogP) is 0.397. The molecule has 0 saturated carbocycles. The van der Waals surface area contributed by atoms with Crippen molar-refractivity contribution in [2.24, 2.45) is 0 Å². The Hall–Kier alpha value is -1.66. The molecule has 0 atom stereocenters. The summed E-state index contributed by atoms with van der Waals surface area (Å²) in [4.78, 5) is 5.04. The molecule has 1 aliphatic rings. The first-order valence-electron chi connectivity index (χ1n) is 7.30. The van der Waals surface area contributed by atoms with Crippen molar-refractivity contribution in [3.63, 3.8) is 0 Å². The van der Waals surface area contributed by atoms with E-state index in [2.05, 4.69) is 20.0 Å². The zero-order valence-corrected chi connectivity index (χ0v) is 11.8. The zero-order valence-electron chi connectivity index (χ0n) is 11.8. The molecule has 0 N–H and O–H groups in total. The van der Waals surface area contributed by atoms with Crippen LogP contribution >= 0.6 is 0 Å². The van der Waals surface area contributed by atoms with Gasteiger partial charge in [0.1, 0.15) is 0 Å². The van der Waals surface area contributed by atoms with Gasteiger partial charge >= 0.3 is 0 Å². The highest BCUT2D eigenvalue weighted by atomic mass is 15.3. The van der Waals surface area contributed by atoms with E-state index in [0.29, 0.717) is 0 Å². The predicted molar refractivity (Wildman–Crippen MR) is 77.3 cm³/mol. The molecule has 0 radical (unpaired) electrons. The summed E-state index contributed by atoms with van der Waals surface area (Å²) in [6.45, 7) is 8.77. The number of rotatable bonds is 6. The standard InChI is InChI=1S/C14H22N6/c1-3-15-19(5-1)13-11-17-7-9-18(10-8-17)12-14-20-6-2-4-16-20/h1-6H,7-14H2. The van der Waals surface area contributed by atoms with E-state index in [1.54, 1.807) is 0 Å². The lowest BCUT2D eigenvalue weighted by Gasteiger charge is -2.34. The van der Waals surface area contributed by atoms with Gasteiger partial charge in [0.2, 0.25) is 0 Å². The lowest BCUT2D eigenvalue weighted by atomic mass is 10.3. The van der Waals surface area contributed by atoms with Gasteiger partial charge in [0, 0.05) is 64.1 Å². The maximum absolute atomic E-state index is 4.24. The first kappa shape index (κ1) is 13.3. The molecule has 3 rings (SSSR count). The van der Waals surface area contributed by atoms with Crippen LogP contribution in [0.2, 0.25) is 0 Å². The Labute approximate surface area is 119 Å². The number of hydrogen-bond acceptors (Lipinski definition) is 4. The summed E-state index contributed by atoms with van der Waals surface area (Å²) in [5.74, 6) is 0. The molecule has 0 unspecified atom stereocenters. The van der Waals surface area contributed by atoms with Crippen molar-refractivity contribution in [1.29, 1.82) is 0 Å². The number of aromatic nitrogens is 4. The van der Waals surface area contributed by atoms with E-state index in [1.165, 1.54) is 0 Å². The highest BCUT2D eigenvalue weighted by molar-refractivity contribution is 4.80. The molecule has 0 aliphatic carbocycles. The summed E-state index contributed by atoms with van der Waals surface area (Å²) in [7, 11) is 0. The first-order valence-corrected chi connectivity index (χ1v) is 7.30. The highest BCUT2D eigenvalue weighted by Gasteiger charge is 2.16. The topological polar surface area (TPSA) is 42.1 Å². The van der Waals surface area contributed by atoms with E-state index < -0.39 is 0 Å². The zero-order chi connectivity index (χ0) is 13.6. The van der Waals surface area contributed by atoms with E-state index in [9.17, 15) is 0 Å². The van der Waals surface area contributed by atoms with E-state index in [4.69, 9.17) is 0 Å². The normalized spacial score (nSPS) is 17.6. The summed E-state index contributed by atoms with van der Waals surface area (Å²) < 4.78 is 4.01. The average Bonchev–Trinajstić information content (AvgIpc) is 3.17. The Balaban J connectivity index is 1.34. The summed E-state index contributed by atoms with van der Waals surface area (Å²) >= 11 is 0. The van der Waals surface area contributed by atoms with E-state index in [1.807, 2.05) is 46.3 Å². The second kappa shape index (κ2) is 6.67. The molecule has 0 amide bonds. The summed E-state index contributed by atoms with van der Waals surface area (Å²) in [5.41, 5.74) is 0. The van der Waals surface area contributed by atoms with Gasteiger partial charge in [-0.05, 0) is 12.1 Å². The molecule has 0 spiro atoms. The fraction of sp³-hybridized carbons (Fsp3) is 0.571. The quantitative estimate of drug-likeness (QED) is 0.764. The van der Waals surface area contributed by atoms with Gasteiger partial charge in [0.15, 0.2) is 0 Å². The molecule has 6 nitrogen and oxygen atoms in total. The van der Waals surface area contributed by atoms with Crippen molar-refractivity contribution in [2.45, 2.75) is 13.1 Å². The summed E-state index contributed by atoms with van der Waals surface area (Å²) in [6, 6.07) is 3.96. The molecule has 1 saturated heterocycles. The summed E-state index contributed by atoms with van der Waals surface area (Å²) in [6.07, 6.45) is 7.74. The highest BCUT2D eigenvalue weighted by Crippen LogP contribution is 2.02. The molecule has 20 heavy (non-hydrogen) atoms. The fourth-order valence-corrected chi connectivity index (χ4v) is 2.59.